The number of unbranched alkanes of at least 4 members (excludes halogenated alkanes) is 2. The largest absolute Gasteiger partial charge is 0.0980 e. The van der Waals surface area contributed by atoms with Crippen molar-refractivity contribution >= 4 is 15.9 Å². The third-order valence-corrected chi connectivity index (χ3v) is 1.74. The van der Waals surface area contributed by atoms with E-state index in [1.54, 1.807) is 0 Å². The van der Waals surface area contributed by atoms with Gasteiger partial charge in [-0.2, -0.15) is 0 Å². The molecule has 0 nitrogen and oxygen atoms in total. The van der Waals surface area contributed by atoms with Gasteiger partial charge in [-0.3, -0.25) is 0 Å². The van der Waals surface area contributed by atoms with Crippen LogP contribution >= 0.6 is 15.9 Å². The van der Waals surface area contributed by atoms with Crippen LogP contribution in [0, 0.1) is 0 Å². The Kier molecular flexibility index (Phi) is 6.06. The summed E-state index contributed by atoms with van der Waals surface area (Å²) in [5, 5.41) is 0. The molecule has 1 heteroatoms. The Morgan fingerprint density at radius 2 is 2.33 bits per heavy atom. The molecule has 0 heterocycles. The normalized spacial score (nSPS) is 11.6. The Bertz CT molecular complexity index is 103. The zero-order valence-corrected chi connectivity index (χ0v) is 7.45. The number of allylic oxidation sites excluding steroid dienone is 3. The van der Waals surface area contributed by atoms with E-state index in [0.29, 0.717) is 0 Å². The molecule has 0 saturated heterocycles. The van der Waals surface area contributed by atoms with Gasteiger partial charge in [0.05, 0.1) is 0 Å². The first-order chi connectivity index (χ1) is 4.31. The van der Waals surface area contributed by atoms with Crippen LogP contribution in [0.25, 0.3) is 0 Å². The van der Waals surface area contributed by atoms with Crippen molar-refractivity contribution in [3.63, 3.8) is 0 Å². The smallest absolute Gasteiger partial charge is 0.0129 e. The fraction of sp³-hybridized carbons (Fsp3) is 0.500. The first-order valence-corrected chi connectivity index (χ1v) is 4.08. The monoisotopic (exact) mass is 188 g/mol. The predicted molar refractivity (Wildman–Crippen MR) is 46.7 cm³/mol. The molecule has 0 unspecified atom stereocenters. The quantitative estimate of drug-likeness (QED) is 0.467. The molecule has 0 aliphatic heterocycles. The minimum atomic E-state index is 1.11. The van der Waals surface area contributed by atoms with Gasteiger partial charge < -0.3 is 0 Å². The maximum absolute atomic E-state index is 3.62. The minimum absolute atomic E-state index is 1.11. The van der Waals surface area contributed by atoms with E-state index in [1.165, 1.54) is 12.8 Å². The molecule has 0 spiro atoms. The maximum Gasteiger partial charge on any atom is 0.0129 e. The van der Waals surface area contributed by atoms with Gasteiger partial charge in [-0.25, -0.2) is 0 Å². The fourth-order valence-corrected chi connectivity index (χ4v) is 0.756. The Labute approximate surface area is 65.8 Å². The molecule has 52 valence electrons. The van der Waals surface area contributed by atoms with Gasteiger partial charge in [-0.1, -0.05) is 54.4 Å². The van der Waals surface area contributed by atoms with Gasteiger partial charge in [0.15, 0.2) is 0 Å². The summed E-state index contributed by atoms with van der Waals surface area (Å²) in [6, 6.07) is 0. The SMILES string of the molecule is C=CC(Br)=CCCCC. The Balaban J connectivity index is 3.31. The summed E-state index contributed by atoms with van der Waals surface area (Å²) < 4.78 is 1.11. The molecule has 0 aromatic heterocycles. The van der Waals surface area contributed by atoms with E-state index in [9.17, 15) is 0 Å². The lowest BCUT2D eigenvalue weighted by Gasteiger charge is -1.88. The zero-order valence-electron chi connectivity index (χ0n) is 5.86. The van der Waals surface area contributed by atoms with Crippen molar-refractivity contribution in [3.05, 3.63) is 23.2 Å². The Hall–Kier alpha value is -0.0400. The van der Waals surface area contributed by atoms with E-state index in [-0.39, 0.29) is 0 Å². The van der Waals surface area contributed by atoms with Crippen LogP contribution in [0.15, 0.2) is 23.2 Å². The van der Waals surface area contributed by atoms with Crippen LogP contribution in [0.2, 0.25) is 0 Å². The molecule has 0 radical (unpaired) electrons. The molecule has 0 aromatic carbocycles. The highest BCUT2D eigenvalue weighted by atomic mass is 79.9. The van der Waals surface area contributed by atoms with E-state index >= 15 is 0 Å². The van der Waals surface area contributed by atoms with E-state index in [1.807, 2.05) is 6.08 Å². The molecule has 0 fully saturated rings. The van der Waals surface area contributed by atoms with Crippen molar-refractivity contribution in [2.45, 2.75) is 26.2 Å². The molecule has 0 atom stereocenters. The fourth-order valence-electron chi connectivity index (χ4n) is 0.527. The van der Waals surface area contributed by atoms with Gasteiger partial charge in [0.1, 0.15) is 0 Å². The summed E-state index contributed by atoms with van der Waals surface area (Å²) in [6.45, 7) is 5.81. The molecule has 0 aromatic rings. The average molecular weight is 189 g/mol. The maximum atomic E-state index is 3.62. The Morgan fingerprint density at radius 1 is 1.67 bits per heavy atom. The van der Waals surface area contributed by atoms with Gasteiger partial charge in [-0.15, -0.1) is 0 Å². The highest BCUT2D eigenvalue weighted by Crippen LogP contribution is 2.08. The molecule has 0 aliphatic rings. The van der Waals surface area contributed by atoms with E-state index in [0.717, 1.165) is 10.9 Å². The van der Waals surface area contributed by atoms with Crippen LogP contribution in [0.4, 0.5) is 0 Å². The average Bonchev–Trinajstić information content (AvgIpc) is 1.89. The molecule has 0 bridgehead atoms. The van der Waals surface area contributed by atoms with Crippen LogP contribution in [0.5, 0.6) is 0 Å². The standard InChI is InChI=1S/C8H13Br/c1-3-5-6-7-8(9)4-2/h4,7H,2-3,5-6H2,1H3. The number of hydrogen-bond donors (Lipinski definition) is 0. The van der Waals surface area contributed by atoms with Crippen molar-refractivity contribution in [3.8, 4) is 0 Å². The van der Waals surface area contributed by atoms with Crippen molar-refractivity contribution in [2.75, 3.05) is 0 Å². The van der Waals surface area contributed by atoms with E-state index in [2.05, 4.69) is 35.5 Å². The number of rotatable bonds is 4. The van der Waals surface area contributed by atoms with Gasteiger partial charge in [-0.05, 0) is 6.42 Å². The van der Waals surface area contributed by atoms with Crippen molar-refractivity contribution in [2.24, 2.45) is 0 Å². The molecule has 0 amide bonds. The van der Waals surface area contributed by atoms with E-state index < -0.39 is 0 Å². The molecular formula is C8H13Br. The number of halogens is 1. The van der Waals surface area contributed by atoms with Crippen LogP contribution in [0.3, 0.4) is 0 Å². The molecular weight excluding hydrogens is 176 g/mol. The van der Waals surface area contributed by atoms with Crippen LogP contribution in [0.1, 0.15) is 26.2 Å². The lowest BCUT2D eigenvalue weighted by Crippen LogP contribution is -1.67. The summed E-state index contributed by atoms with van der Waals surface area (Å²) in [4.78, 5) is 0. The molecule has 9 heavy (non-hydrogen) atoms. The number of hydrogen-bond acceptors (Lipinski definition) is 0. The van der Waals surface area contributed by atoms with Crippen LogP contribution in [-0.2, 0) is 0 Å². The lowest BCUT2D eigenvalue weighted by atomic mass is 10.2. The van der Waals surface area contributed by atoms with Crippen LogP contribution in [-0.4, -0.2) is 0 Å². The molecule has 0 saturated carbocycles. The zero-order chi connectivity index (χ0) is 7.11. The summed E-state index contributed by atoms with van der Waals surface area (Å²) in [6.07, 6.45) is 7.64. The third kappa shape index (κ3) is 5.84. The molecule has 0 N–H and O–H groups in total. The topological polar surface area (TPSA) is 0 Å². The Morgan fingerprint density at radius 3 is 2.78 bits per heavy atom. The van der Waals surface area contributed by atoms with Gasteiger partial charge in [0.25, 0.3) is 0 Å². The minimum Gasteiger partial charge on any atom is -0.0980 e. The summed E-state index contributed by atoms with van der Waals surface area (Å²) in [5.74, 6) is 0. The summed E-state index contributed by atoms with van der Waals surface area (Å²) in [7, 11) is 0. The lowest BCUT2D eigenvalue weighted by molar-refractivity contribution is 0.814. The third-order valence-electron chi connectivity index (χ3n) is 1.09. The second kappa shape index (κ2) is 6.09. The van der Waals surface area contributed by atoms with Crippen LogP contribution < -0.4 is 0 Å². The van der Waals surface area contributed by atoms with Gasteiger partial charge >= 0.3 is 0 Å². The van der Waals surface area contributed by atoms with Gasteiger partial charge in [0, 0.05) is 4.48 Å². The first kappa shape index (κ1) is 8.96. The predicted octanol–water partition coefficient (Wildman–Crippen LogP) is 3.64. The molecule has 0 aliphatic carbocycles. The molecule has 0 rings (SSSR count). The van der Waals surface area contributed by atoms with Crippen molar-refractivity contribution in [1.29, 1.82) is 0 Å². The van der Waals surface area contributed by atoms with Gasteiger partial charge in [0.2, 0.25) is 0 Å². The highest BCUT2D eigenvalue weighted by molar-refractivity contribution is 9.11. The van der Waals surface area contributed by atoms with E-state index in [4.69, 9.17) is 0 Å². The van der Waals surface area contributed by atoms with Crippen molar-refractivity contribution in [1.82, 2.24) is 0 Å². The summed E-state index contributed by atoms with van der Waals surface area (Å²) >= 11 is 3.35. The highest BCUT2D eigenvalue weighted by Gasteiger charge is 1.81. The first-order valence-electron chi connectivity index (χ1n) is 3.29. The van der Waals surface area contributed by atoms with Crippen molar-refractivity contribution < 1.29 is 0 Å². The summed E-state index contributed by atoms with van der Waals surface area (Å²) in [5.41, 5.74) is 0. The second-order valence-electron chi connectivity index (χ2n) is 1.94. The second-order valence-corrected chi connectivity index (χ2v) is 2.85.